The molecular weight excluding hydrogens is 204 g/mol. The second kappa shape index (κ2) is 4.23. The van der Waals surface area contributed by atoms with Crippen LogP contribution in [0.1, 0.15) is 29.9 Å². The van der Waals surface area contributed by atoms with E-state index in [9.17, 15) is 4.79 Å². The lowest BCUT2D eigenvalue weighted by atomic mass is 10.1. The van der Waals surface area contributed by atoms with E-state index in [-0.39, 0.29) is 5.56 Å². The van der Waals surface area contributed by atoms with Crippen molar-refractivity contribution in [1.82, 2.24) is 4.98 Å². The maximum Gasteiger partial charge on any atom is 0.339 e. The maximum absolute atomic E-state index is 11.0. The fourth-order valence-corrected chi connectivity index (χ4v) is 1.16. The molecule has 1 rings (SSSR count). The maximum atomic E-state index is 11.0. The van der Waals surface area contributed by atoms with Gasteiger partial charge in [-0.2, -0.15) is 0 Å². The van der Waals surface area contributed by atoms with E-state index < -0.39 is 11.5 Å². The molecule has 0 unspecified atom stereocenters. The van der Waals surface area contributed by atoms with Gasteiger partial charge in [0.05, 0.1) is 5.54 Å². The third kappa shape index (κ3) is 2.74. The highest BCUT2D eigenvalue weighted by molar-refractivity contribution is 5.93. The predicted octanol–water partition coefficient (Wildman–Crippen LogP) is 1.91. The van der Waals surface area contributed by atoms with Crippen molar-refractivity contribution >= 4 is 11.8 Å². The summed E-state index contributed by atoms with van der Waals surface area (Å²) >= 11 is 0. The molecule has 0 radical (unpaired) electrons. The van der Waals surface area contributed by atoms with Gasteiger partial charge in [-0.15, -0.1) is 6.42 Å². The van der Waals surface area contributed by atoms with Crippen LogP contribution < -0.4 is 5.32 Å². The molecule has 84 valence electrons. The van der Waals surface area contributed by atoms with Gasteiger partial charge in [0.25, 0.3) is 0 Å². The third-order valence-corrected chi connectivity index (χ3v) is 2.06. The van der Waals surface area contributed by atoms with Gasteiger partial charge < -0.3 is 10.4 Å². The molecule has 16 heavy (non-hydrogen) atoms. The zero-order valence-electron chi connectivity index (χ0n) is 9.53. The fourth-order valence-electron chi connectivity index (χ4n) is 1.16. The Kier molecular flexibility index (Phi) is 3.19. The van der Waals surface area contributed by atoms with Gasteiger partial charge in [-0.3, -0.25) is 0 Å². The lowest BCUT2D eigenvalue weighted by Crippen LogP contribution is -2.30. The van der Waals surface area contributed by atoms with Crippen LogP contribution in [0.15, 0.2) is 12.1 Å². The quantitative estimate of drug-likeness (QED) is 0.761. The number of pyridine rings is 1. The summed E-state index contributed by atoms with van der Waals surface area (Å²) in [7, 11) is 0. The zero-order valence-corrected chi connectivity index (χ0v) is 9.53. The van der Waals surface area contributed by atoms with Crippen LogP contribution in [0.4, 0.5) is 5.82 Å². The van der Waals surface area contributed by atoms with Crippen molar-refractivity contribution < 1.29 is 9.90 Å². The molecule has 0 atom stereocenters. The summed E-state index contributed by atoms with van der Waals surface area (Å²) in [6.45, 7) is 5.35. The Balaban J connectivity index is 3.17. The van der Waals surface area contributed by atoms with Crippen LogP contribution in [0.5, 0.6) is 0 Å². The van der Waals surface area contributed by atoms with E-state index in [2.05, 4.69) is 16.2 Å². The van der Waals surface area contributed by atoms with E-state index in [0.29, 0.717) is 5.82 Å². The zero-order chi connectivity index (χ0) is 12.3. The first kappa shape index (κ1) is 12.1. The number of nitrogens with one attached hydrogen (secondary N) is 1. The molecule has 0 fully saturated rings. The highest BCUT2D eigenvalue weighted by Crippen LogP contribution is 2.18. The van der Waals surface area contributed by atoms with E-state index in [0.717, 1.165) is 5.69 Å². The predicted molar refractivity (Wildman–Crippen MR) is 62.5 cm³/mol. The lowest BCUT2D eigenvalue weighted by molar-refractivity contribution is 0.0697. The summed E-state index contributed by atoms with van der Waals surface area (Å²) in [5.41, 5.74) is 0.222. The molecule has 0 aliphatic heterocycles. The van der Waals surface area contributed by atoms with Gasteiger partial charge in [0.1, 0.15) is 11.4 Å². The molecule has 4 heteroatoms. The average Bonchev–Trinajstić information content (AvgIpc) is 2.16. The normalized spacial score (nSPS) is 10.6. The molecule has 1 aromatic heterocycles. The number of aromatic carboxylic acids is 1. The summed E-state index contributed by atoms with van der Waals surface area (Å²) in [6.07, 6.45) is 5.33. The van der Waals surface area contributed by atoms with E-state index in [1.807, 2.05) is 0 Å². The van der Waals surface area contributed by atoms with Crippen LogP contribution >= 0.6 is 0 Å². The molecule has 0 aliphatic carbocycles. The minimum atomic E-state index is -1.03. The van der Waals surface area contributed by atoms with Crippen LogP contribution in [0.25, 0.3) is 0 Å². The summed E-state index contributed by atoms with van der Waals surface area (Å²) in [4.78, 5) is 15.1. The first-order chi connectivity index (χ1) is 7.35. The molecule has 0 saturated heterocycles. The van der Waals surface area contributed by atoms with Crippen LogP contribution in [-0.4, -0.2) is 21.6 Å². The monoisotopic (exact) mass is 218 g/mol. The van der Waals surface area contributed by atoms with E-state index in [1.54, 1.807) is 26.8 Å². The second-order valence-corrected chi connectivity index (χ2v) is 4.05. The number of aromatic nitrogens is 1. The lowest BCUT2D eigenvalue weighted by Gasteiger charge is -2.21. The van der Waals surface area contributed by atoms with Crippen LogP contribution in [0, 0.1) is 19.3 Å². The largest absolute Gasteiger partial charge is 0.478 e. The van der Waals surface area contributed by atoms with Crippen molar-refractivity contribution in [3.05, 3.63) is 23.4 Å². The second-order valence-electron chi connectivity index (χ2n) is 4.05. The summed E-state index contributed by atoms with van der Waals surface area (Å²) in [6, 6.07) is 3.16. The Morgan fingerprint density at radius 3 is 2.69 bits per heavy atom. The smallest absolute Gasteiger partial charge is 0.339 e. The molecule has 2 N–H and O–H groups in total. The fraction of sp³-hybridized carbons (Fsp3) is 0.333. The molecule has 4 nitrogen and oxygen atoms in total. The molecule has 0 amide bonds. The minimum absolute atomic E-state index is 0.119. The van der Waals surface area contributed by atoms with Gasteiger partial charge in [0, 0.05) is 5.69 Å². The Morgan fingerprint density at radius 1 is 1.56 bits per heavy atom. The SMILES string of the molecule is C#CC(C)(C)Nc1nc(C)ccc1C(=O)O. The molecule has 0 bridgehead atoms. The number of terminal acetylenes is 1. The summed E-state index contributed by atoms with van der Waals surface area (Å²) in [5, 5.41) is 11.9. The standard InChI is InChI=1S/C12H14N2O2/c1-5-12(3,4)14-10-9(11(15)16)7-6-8(2)13-10/h1,6-7H,2-4H3,(H,13,14)(H,15,16). The minimum Gasteiger partial charge on any atom is -0.478 e. The number of aryl methyl sites for hydroxylation is 1. The molecule has 0 aromatic carbocycles. The van der Waals surface area contributed by atoms with Gasteiger partial charge in [0.2, 0.25) is 0 Å². The first-order valence-electron chi connectivity index (χ1n) is 4.82. The Hall–Kier alpha value is -2.02. The van der Waals surface area contributed by atoms with Crippen LogP contribution in [0.2, 0.25) is 0 Å². The number of carboxylic acids is 1. The van der Waals surface area contributed by atoms with E-state index in [4.69, 9.17) is 11.5 Å². The van der Waals surface area contributed by atoms with E-state index in [1.165, 1.54) is 6.07 Å². The molecule has 1 aromatic rings. The van der Waals surface area contributed by atoms with Crippen LogP contribution in [-0.2, 0) is 0 Å². The molecule has 0 saturated carbocycles. The Morgan fingerprint density at radius 2 is 2.19 bits per heavy atom. The highest BCUT2D eigenvalue weighted by Gasteiger charge is 2.19. The molecule has 0 aliphatic rings. The van der Waals surface area contributed by atoms with Gasteiger partial charge in [0.15, 0.2) is 0 Å². The highest BCUT2D eigenvalue weighted by atomic mass is 16.4. The number of carbonyl (C=O) groups is 1. The number of carboxylic acid groups (broad SMARTS) is 1. The Labute approximate surface area is 94.7 Å². The van der Waals surface area contributed by atoms with Crippen molar-refractivity contribution in [3.8, 4) is 12.3 Å². The topological polar surface area (TPSA) is 62.2 Å². The van der Waals surface area contributed by atoms with Crippen molar-refractivity contribution in [3.63, 3.8) is 0 Å². The average molecular weight is 218 g/mol. The van der Waals surface area contributed by atoms with Crippen molar-refractivity contribution in [2.45, 2.75) is 26.3 Å². The third-order valence-electron chi connectivity index (χ3n) is 2.06. The van der Waals surface area contributed by atoms with Crippen molar-refractivity contribution in [2.24, 2.45) is 0 Å². The van der Waals surface area contributed by atoms with Gasteiger partial charge in [-0.1, -0.05) is 5.92 Å². The van der Waals surface area contributed by atoms with Crippen molar-refractivity contribution in [2.75, 3.05) is 5.32 Å². The molecule has 0 spiro atoms. The number of nitrogens with zero attached hydrogens (tertiary/aromatic N) is 1. The summed E-state index contributed by atoms with van der Waals surface area (Å²) < 4.78 is 0. The van der Waals surface area contributed by atoms with E-state index >= 15 is 0 Å². The summed E-state index contributed by atoms with van der Waals surface area (Å²) in [5.74, 6) is 1.81. The van der Waals surface area contributed by atoms with Crippen molar-refractivity contribution in [1.29, 1.82) is 0 Å². The number of hydrogen-bond acceptors (Lipinski definition) is 3. The number of anilines is 1. The van der Waals surface area contributed by atoms with Gasteiger partial charge >= 0.3 is 5.97 Å². The molecule has 1 heterocycles. The Bertz CT molecular complexity index is 459. The first-order valence-corrected chi connectivity index (χ1v) is 4.82. The van der Waals surface area contributed by atoms with Crippen LogP contribution in [0.3, 0.4) is 0 Å². The number of rotatable bonds is 3. The van der Waals surface area contributed by atoms with Gasteiger partial charge in [-0.25, -0.2) is 9.78 Å². The number of hydrogen-bond donors (Lipinski definition) is 2. The molecular formula is C12H14N2O2. The van der Waals surface area contributed by atoms with Gasteiger partial charge in [-0.05, 0) is 32.9 Å².